The first-order valence-corrected chi connectivity index (χ1v) is 11.9. The lowest BCUT2D eigenvalue weighted by Crippen LogP contribution is -2.54. The van der Waals surface area contributed by atoms with Crippen molar-refractivity contribution in [2.75, 3.05) is 36.5 Å². The first-order chi connectivity index (χ1) is 18.3. The van der Waals surface area contributed by atoms with Crippen LogP contribution in [0.5, 0.6) is 0 Å². The number of nitrogens with one attached hydrogen (secondary N) is 2. The Hall–Kier alpha value is -3.50. The molecule has 4 rings (SSSR count). The van der Waals surface area contributed by atoms with Gasteiger partial charge in [-0.3, -0.25) is 9.59 Å². The second kappa shape index (κ2) is 10.9. The monoisotopic (exact) mass is 567 g/mol. The smallest absolute Gasteiger partial charge is 0.378 e. The molecule has 10 nitrogen and oxygen atoms in total. The highest BCUT2D eigenvalue weighted by Crippen LogP contribution is 2.32. The molecule has 2 fully saturated rings. The van der Waals surface area contributed by atoms with E-state index in [4.69, 9.17) is 4.74 Å². The van der Waals surface area contributed by atoms with Crippen molar-refractivity contribution in [2.24, 2.45) is 0 Å². The molecular formula is C22H24F7N7O3. The van der Waals surface area contributed by atoms with E-state index in [1.165, 1.54) is 16.7 Å². The third kappa shape index (κ3) is 6.39. The maximum Gasteiger partial charge on any atom is 0.423 e. The second-order valence-electron chi connectivity index (χ2n) is 9.26. The quantitative estimate of drug-likeness (QED) is 0.491. The van der Waals surface area contributed by atoms with E-state index in [1.54, 1.807) is 5.10 Å². The number of aromatic amines is 1. The summed E-state index contributed by atoms with van der Waals surface area (Å²) in [6, 6.07) is -1.53. The van der Waals surface area contributed by atoms with Gasteiger partial charge in [-0.25, -0.2) is 19.5 Å². The average molecular weight is 567 g/mol. The number of nitrogens with zero attached hydrogens (tertiary/aromatic N) is 5. The van der Waals surface area contributed by atoms with Crippen LogP contribution in [0.15, 0.2) is 23.4 Å². The molecular weight excluding hydrogens is 543 g/mol. The lowest BCUT2D eigenvalue weighted by molar-refractivity contribution is -0.140. The summed E-state index contributed by atoms with van der Waals surface area (Å²) in [6.07, 6.45) is -9.49. The number of aromatic nitrogens is 4. The Bertz CT molecular complexity index is 1220. The maximum atomic E-state index is 15.1. The third-order valence-corrected chi connectivity index (χ3v) is 6.44. The summed E-state index contributed by atoms with van der Waals surface area (Å²) in [5.74, 6) is -0.522. The normalized spacial score (nSPS) is 23.3. The summed E-state index contributed by atoms with van der Waals surface area (Å²) in [6.45, 7) is 1.49. The van der Waals surface area contributed by atoms with Crippen LogP contribution in [-0.2, 0) is 21.9 Å². The topological polar surface area (TPSA) is 116 Å². The fourth-order valence-electron chi connectivity index (χ4n) is 4.57. The number of piperidine rings is 1. The number of hydrogen-bond acceptors (Lipinski definition) is 8. The number of alkyl halides is 7. The van der Waals surface area contributed by atoms with Crippen molar-refractivity contribution in [1.29, 1.82) is 0 Å². The van der Waals surface area contributed by atoms with Crippen molar-refractivity contribution < 1.29 is 40.3 Å². The number of halogens is 7. The van der Waals surface area contributed by atoms with E-state index in [-0.39, 0.29) is 45.0 Å². The molecule has 0 bridgehead atoms. The van der Waals surface area contributed by atoms with Crippen molar-refractivity contribution in [3.63, 3.8) is 0 Å². The van der Waals surface area contributed by atoms with Crippen LogP contribution in [0.1, 0.15) is 30.9 Å². The third-order valence-electron chi connectivity index (χ3n) is 6.44. The Balaban J connectivity index is 1.30. The van der Waals surface area contributed by atoms with Crippen LogP contribution in [0.3, 0.4) is 0 Å². The van der Waals surface area contributed by atoms with Gasteiger partial charge in [-0.05, 0) is 13.3 Å². The summed E-state index contributed by atoms with van der Waals surface area (Å²) >= 11 is 0. The van der Waals surface area contributed by atoms with Crippen LogP contribution in [0.25, 0.3) is 0 Å². The minimum atomic E-state index is -4.92. The highest BCUT2D eigenvalue weighted by molar-refractivity contribution is 5.83. The van der Waals surface area contributed by atoms with Gasteiger partial charge in [0.2, 0.25) is 5.95 Å². The molecule has 0 unspecified atom stereocenters. The summed E-state index contributed by atoms with van der Waals surface area (Å²) < 4.78 is 98.5. The molecule has 39 heavy (non-hydrogen) atoms. The Morgan fingerprint density at radius 1 is 1.08 bits per heavy atom. The molecule has 4 atom stereocenters. The minimum absolute atomic E-state index is 0.0520. The SMILES string of the molecule is C[C@@H](CO[C@@H]1CCN([C@@H]2CCN(c3ncc(C(F)(F)F)cn3)C[C@H]2F)C1=O)Nc1cn[nH]c(=O)c1C(F)(F)F. The zero-order chi connectivity index (χ0) is 28.5. The fraction of sp³-hybridized carbons (Fsp3) is 0.591. The predicted molar refractivity (Wildman–Crippen MR) is 122 cm³/mol. The van der Waals surface area contributed by atoms with Crippen LogP contribution in [0.4, 0.5) is 42.4 Å². The first kappa shape index (κ1) is 28.5. The van der Waals surface area contributed by atoms with Gasteiger partial charge in [0.1, 0.15) is 17.8 Å². The molecule has 2 aliphatic heterocycles. The van der Waals surface area contributed by atoms with Crippen LogP contribution in [-0.4, -0.2) is 81.6 Å². The molecule has 17 heteroatoms. The lowest BCUT2D eigenvalue weighted by Gasteiger charge is -2.39. The molecule has 0 aromatic carbocycles. The fourth-order valence-corrected chi connectivity index (χ4v) is 4.57. The van der Waals surface area contributed by atoms with E-state index in [1.807, 2.05) is 0 Å². The molecule has 2 aromatic heterocycles. The van der Waals surface area contributed by atoms with Crippen molar-refractivity contribution in [3.05, 3.63) is 40.1 Å². The van der Waals surface area contributed by atoms with E-state index in [0.29, 0.717) is 12.4 Å². The summed E-state index contributed by atoms with van der Waals surface area (Å²) in [5.41, 5.74) is -4.40. The van der Waals surface area contributed by atoms with Gasteiger partial charge in [-0.2, -0.15) is 31.4 Å². The lowest BCUT2D eigenvalue weighted by atomic mass is 10.0. The summed E-state index contributed by atoms with van der Waals surface area (Å²) in [7, 11) is 0. The van der Waals surface area contributed by atoms with Crippen molar-refractivity contribution >= 4 is 17.5 Å². The molecule has 0 spiro atoms. The standard InChI is InChI=1S/C22H24F7N7O3/c1-11(33-14-8-32-34-18(37)17(14)22(27,28)29)10-39-16-3-5-36(19(16)38)15-2-4-35(9-13(15)23)20-30-6-12(7-31-20)21(24,25)26/h6-8,11,13,15-16H,2-5,9-10H2,1H3,(H2,33,34,37)/t11-,13+,15+,16+/m0/s1. The van der Waals surface area contributed by atoms with Crippen LogP contribution < -0.4 is 15.8 Å². The van der Waals surface area contributed by atoms with Crippen molar-refractivity contribution in [3.8, 4) is 0 Å². The molecule has 0 saturated carbocycles. The highest BCUT2D eigenvalue weighted by Gasteiger charge is 2.43. The zero-order valence-electron chi connectivity index (χ0n) is 20.4. The predicted octanol–water partition coefficient (Wildman–Crippen LogP) is 2.63. The Morgan fingerprint density at radius 2 is 1.77 bits per heavy atom. The number of amides is 1. The van der Waals surface area contributed by atoms with E-state index < -0.39 is 65.0 Å². The molecule has 2 saturated heterocycles. The number of likely N-dealkylation sites (tertiary alicyclic amines) is 1. The number of H-pyrrole nitrogens is 1. The molecule has 2 N–H and O–H groups in total. The Morgan fingerprint density at radius 3 is 2.38 bits per heavy atom. The molecule has 214 valence electrons. The van der Waals surface area contributed by atoms with Crippen LogP contribution in [0.2, 0.25) is 0 Å². The summed E-state index contributed by atoms with van der Waals surface area (Å²) in [5, 5.41) is 7.63. The van der Waals surface area contributed by atoms with Gasteiger partial charge >= 0.3 is 12.4 Å². The highest BCUT2D eigenvalue weighted by atomic mass is 19.4. The van der Waals surface area contributed by atoms with E-state index in [2.05, 4.69) is 20.4 Å². The maximum absolute atomic E-state index is 15.1. The minimum Gasteiger partial charge on any atom is -0.378 e. The first-order valence-electron chi connectivity index (χ1n) is 11.9. The largest absolute Gasteiger partial charge is 0.423 e. The number of carbonyl (C=O) groups is 1. The molecule has 4 heterocycles. The van der Waals surface area contributed by atoms with Crippen LogP contribution in [0, 0.1) is 0 Å². The number of carbonyl (C=O) groups excluding carboxylic acids is 1. The number of anilines is 2. The van der Waals surface area contributed by atoms with Gasteiger partial charge in [-0.1, -0.05) is 0 Å². The Labute approximate surface area is 216 Å². The molecule has 0 radical (unpaired) electrons. The Kier molecular flexibility index (Phi) is 7.99. The van der Waals surface area contributed by atoms with Crippen LogP contribution >= 0.6 is 0 Å². The molecule has 2 aliphatic rings. The van der Waals surface area contributed by atoms with Gasteiger partial charge in [-0.15, -0.1) is 0 Å². The van der Waals surface area contributed by atoms with Crippen molar-refractivity contribution in [1.82, 2.24) is 25.1 Å². The zero-order valence-corrected chi connectivity index (χ0v) is 20.4. The number of hydrogen-bond donors (Lipinski definition) is 2. The molecule has 1 amide bonds. The molecule has 0 aliphatic carbocycles. The van der Waals surface area contributed by atoms with E-state index in [9.17, 15) is 35.9 Å². The van der Waals surface area contributed by atoms with Gasteiger partial charge in [0.25, 0.3) is 11.5 Å². The van der Waals surface area contributed by atoms with E-state index in [0.717, 1.165) is 6.20 Å². The van der Waals surface area contributed by atoms with Gasteiger partial charge in [0.15, 0.2) is 0 Å². The average Bonchev–Trinajstić information content (AvgIpc) is 3.21. The number of ether oxygens (including phenoxy) is 1. The number of rotatable bonds is 7. The summed E-state index contributed by atoms with van der Waals surface area (Å²) in [4.78, 5) is 34.6. The van der Waals surface area contributed by atoms with Gasteiger partial charge in [0, 0.05) is 37.9 Å². The second-order valence-corrected chi connectivity index (χ2v) is 9.26. The van der Waals surface area contributed by atoms with E-state index >= 15 is 4.39 Å². The van der Waals surface area contributed by atoms with Gasteiger partial charge in [0.05, 0.1) is 36.6 Å². The van der Waals surface area contributed by atoms with Crippen molar-refractivity contribution in [2.45, 2.75) is 56.5 Å². The van der Waals surface area contributed by atoms with Gasteiger partial charge < -0.3 is 19.9 Å². The molecule has 2 aromatic rings.